The van der Waals surface area contributed by atoms with Crippen molar-refractivity contribution >= 4 is 29.3 Å². The molecule has 3 rings (SSSR count). The van der Waals surface area contributed by atoms with Crippen molar-refractivity contribution in [2.45, 2.75) is 45.4 Å². The Morgan fingerprint density at radius 2 is 1.84 bits per heavy atom. The number of carbonyl (C=O) groups is 2. The smallest absolute Gasteiger partial charge is 0.338 e. The zero-order chi connectivity index (χ0) is 22.5. The fraction of sp³-hybridized carbons (Fsp3) is 0.304. The van der Waals surface area contributed by atoms with Gasteiger partial charge in [0.1, 0.15) is 5.82 Å². The summed E-state index contributed by atoms with van der Waals surface area (Å²) < 4.78 is 7.30. The Morgan fingerprint density at radius 1 is 1.13 bits per heavy atom. The molecular weight excluding hydrogens is 412 g/mol. The minimum Gasteiger partial charge on any atom is -0.449 e. The number of aromatic nitrogens is 3. The van der Waals surface area contributed by atoms with Crippen LogP contribution in [-0.2, 0) is 16.0 Å². The first-order chi connectivity index (χ1) is 14.8. The number of ether oxygens (including phenoxy) is 1. The van der Waals surface area contributed by atoms with Crippen LogP contribution >= 0.6 is 11.8 Å². The number of thioether (sulfide) groups is 1. The second-order valence-corrected chi connectivity index (χ2v) is 7.89. The lowest BCUT2D eigenvalue weighted by molar-refractivity contribution is -0.123. The molecule has 1 amide bonds. The summed E-state index contributed by atoms with van der Waals surface area (Å²) in [4.78, 5) is 25.2. The number of carbonyl (C=O) groups excluding carboxylic acids is 2. The van der Waals surface area contributed by atoms with Crippen molar-refractivity contribution in [3.05, 3.63) is 65.0 Å². The summed E-state index contributed by atoms with van der Waals surface area (Å²) in [7, 11) is 0. The van der Waals surface area contributed by atoms with E-state index >= 15 is 0 Å². The predicted octanol–water partition coefficient (Wildman–Crippen LogP) is 4.35. The standard InChI is InChI=1S/C23H26N4O3S/c1-6-17-9-7-8-14(2)20(17)24-21(28)15(3)30-22(29)18-10-12-19(13-11-18)27-16(4)25-26-23(27)31-5/h7-13,15H,6H2,1-5H3,(H,24,28). The van der Waals surface area contributed by atoms with Gasteiger partial charge in [0.2, 0.25) is 0 Å². The van der Waals surface area contributed by atoms with Gasteiger partial charge in [-0.1, -0.05) is 36.9 Å². The van der Waals surface area contributed by atoms with Gasteiger partial charge in [-0.05, 0) is 68.8 Å². The summed E-state index contributed by atoms with van der Waals surface area (Å²) in [5.41, 5.74) is 3.99. The Balaban J connectivity index is 1.68. The highest BCUT2D eigenvalue weighted by molar-refractivity contribution is 7.98. The number of nitrogens with one attached hydrogen (secondary N) is 1. The number of esters is 1. The summed E-state index contributed by atoms with van der Waals surface area (Å²) in [6.45, 7) is 7.40. The first-order valence-electron chi connectivity index (χ1n) is 10.0. The first kappa shape index (κ1) is 22.6. The molecule has 0 bridgehead atoms. The van der Waals surface area contributed by atoms with Gasteiger partial charge in [-0.15, -0.1) is 10.2 Å². The molecule has 1 N–H and O–H groups in total. The lowest BCUT2D eigenvalue weighted by atomic mass is 10.1. The van der Waals surface area contributed by atoms with Crippen molar-refractivity contribution in [3.8, 4) is 5.69 Å². The van der Waals surface area contributed by atoms with Gasteiger partial charge < -0.3 is 10.1 Å². The monoisotopic (exact) mass is 438 g/mol. The van der Waals surface area contributed by atoms with Crippen molar-refractivity contribution in [3.63, 3.8) is 0 Å². The number of aryl methyl sites for hydroxylation is 3. The van der Waals surface area contributed by atoms with Crippen molar-refractivity contribution in [1.29, 1.82) is 0 Å². The average molecular weight is 439 g/mol. The van der Waals surface area contributed by atoms with Gasteiger partial charge in [0, 0.05) is 11.4 Å². The molecule has 0 saturated heterocycles. The molecule has 0 aliphatic heterocycles. The van der Waals surface area contributed by atoms with Crippen molar-refractivity contribution < 1.29 is 14.3 Å². The third-order valence-corrected chi connectivity index (χ3v) is 5.61. The molecule has 1 unspecified atom stereocenters. The van der Waals surface area contributed by atoms with Crippen LogP contribution in [0.3, 0.4) is 0 Å². The third-order valence-electron chi connectivity index (χ3n) is 4.98. The zero-order valence-corrected chi connectivity index (χ0v) is 19.1. The minimum absolute atomic E-state index is 0.362. The van der Waals surface area contributed by atoms with Crippen LogP contribution in [0, 0.1) is 13.8 Å². The third kappa shape index (κ3) is 4.96. The maximum absolute atomic E-state index is 12.6. The van der Waals surface area contributed by atoms with Crippen LogP contribution in [0.1, 0.15) is 41.2 Å². The number of hydrogen-bond donors (Lipinski definition) is 1. The highest BCUT2D eigenvalue weighted by atomic mass is 32.2. The minimum atomic E-state index is -0.931. The SMILES string of the molecule is CCc1cccc(C)c1NC(=O)C(C)OC(=O)c1ccc(-n2c(C)nnc2SC)cc1. The maximum atomic E-state index is 12.6. The van der Waals surface area contributed by atoms with Crippen molar-refractivity contribution in [2.75, 3.05) is 11.6 Å². The quantitative estimate of drug-likeness (QED) is 0.436. The van der Waals surface area contributed by atoms with Crippen LogP contribution in [0.5, 0.6) is 0 Å². The lowest BCUT2D eigenvalue weighted by Crippen LogP contribution is -2.30. The van der Waals surface area contributed by atoms with Gasteiger partial charge in [0.25, 0.3) is 5.91 Å². The molecule has 31 heavy (non-hydrogen) atoms. The van der Waals surface area contributed by atoms with Crippen LogP contribution in [0.15, 0.2) is 47.6 Å². The van der Waals surface area contributed by atoms with E-state index in [0.717, 1.165) is 39.9 Å². The number of benzene rings is 2. The molecule has 1 atom stereocenters. The Kier molecular flexibility index (Phi) is 7.12. The second kappa shape index (κ2) is 9.78. The number of para-hydroxylation sites is 1. The topological polar surface area (TPSA) is 86.1 Å². The highest BCUT2D eigenvalue weighted by Gasteiger charge is 2.21. The molecule has 162 valence electrons. The fourth-order valence-electron chi connectivity index (χ4n) is 3.23. The summed E-state index contributed by atoms with van der Waals surface area (Å²) in [6, 6.07) is 12.8. The van der Waals surface area contributed by atoms with E-state index < -0.39 is 12.1 Å². The van der Waals surface area contributed by atoms with Crippen LogP contribution in [0.2, 0.25) is 0 Å². The molecule has 0 radical (unpaired) electrons. The molecule has 0 fully saturated rings. The number of nitrogens with zero attached hydrogens (tertiary/aromatic N) is 3. The van der Waals surface area contributed by atoms with Crippen LogP contribution in [-0.4, -0.2) is 39.0 Å². The van der Waals surface area contributed by atoms with Gasteiger partial charge in [-0.3, -0.25) is 9.36 Å². The van der Waals surface area contributed by atoms with E-state index in [2.05, 4.69) is 15.5 Å². The molecule has 1 heterocycles. The molecule has 2 aromatic carbocycles. The van der Waals surface area contributed by atoms with Gasteiger partial charge in [0.05, 0.1) is 5.56 Å². The maximum Gasteiger partial charge on any atom is 0.338 e. The van der Waals surface area contributed by atoms with E-state index in [1.54, 1.807) is 31.2 Å². The molecule has 8 heteroatoms. The molecular formula is C23H26N4O3S. The Bertz CT molecular complexity index is 1090. The Hall–Kier alpha value is -3.13. The fourth-order valence-corrected chi connectivity index (χ4v) is 3.77. The van der Waals surface area contributed by atoms with Gasteiger partial charge in [0.15, 0.2) is 11.3 Å². The lowest BCUT2D eigenvalue weighted by Gasteiger charge is -2.17. The summed E-state index contributed by atoms with van der Waals surface area (Å²) in [5.74, 6) is -0.161. The molecule has 0 aliphatic carbocycles. The molecule has 7 nitrogen and oxygen atoms in total. The number of rotatable bonds is 7. The van der Waals surface area contributed by atoms with Crippen molar-refractivity contribution in [2.24, 2.45) is 0 Å². The number of amides is 1. The van der Waals surface area contributed by atoms with Crippen LogP contribution < -0.4 is 5.32 Å². The number of hydrogen-bond acceptors (Lipinski definition) is 6. The van der Waals surface area contributed by atoms with E-state index in [9.17, 15) is 9.59 Å². The summed E-state index contributed by atoms with van der Waals surface area (Å²) >= 11 is 1.49. The summed E-state index contributed by atoms with van der Waals surface area (Å²) in [5, 5.41) is 11.9. The zero-order valence-electron chi connectivity index (χ0n) is 18.3. The largest absolute Gasteiger partial charge is 0.449 e. The van der Waals surface area contributed by atoms with Crippen LogP contribution in [0.4, 0.5) is 5.69 Å². The Morgan fingerprint density at radius 3 is 2.48 bits per heavy atom. The van der Waals surface area contributed by atoms with E-state index in [-0.39, 0.29) is 5.91 Å². The van der Waals surface area contributed by atoms with Crippen molar-refractivity contribution in [1.82, 2.24) is 14.8 Å². The molecule has 1 aromatic heterocycles. The summed E-state index contributed by atoms with van der Waals surface area (Å²) in [6.07, 6.45) is 1.79. The van der Waals surface area contributed by atoms with E-state index in [4.69, 9.17) is 4.74 Å². The van der Waals surface area contributed by atoms with Gasteiger partial charge in [-0.25, -0.2) is 4.79 Å². The predicted molar refractivity (Wildman–Crippen MR) is 122 cm³/mol. The van der Waals surface area contributed by atoms with E-state index in [1.165, 1.54) is 11.8 Å². The average Bonchev–Trinajstić information content (AvgIpc) is 3.15. The van der Waals surface area contributed by atoms with E-state index in [0.29, 0.717) is 5.56 Å². The molecule has 3 aromatic rings. The van der Waals surface area contributed by atoms with Gasteiger partial charge >= 0.3 is 5.97 Å². The van der Waals surface area contributed by atoms with E-state index in [1.807, 2.05) is 49.8 Å². The molecule has 0 spiro atoms. The number of anilines is 1. The highest BCUT2D eigenvalue weighted by Crippen LogP contribution is 2.22. The first-order valence-corrected chi connectivity index (χ1v) is 11.2. The normalized spacial score (nSPS) is 11.8. The molecule has 0 aliphatic rings. The second-order valence-electron chi connectivity index (χ2n) is 7.12. The molecule has 0 saturated carbocycles. The van der Waals surface area contributed by atoms with Crippen LogP contribution in [0.25, 0.3) is 5.69 Å². The Labute approximate surface area is 186 Å². The van der Waals surface area contributed by atoms with Gasteiger partial charge in [-0.2, -0.15) is 0 Å².